The van der Waals surface area contributed by atoms with Gasteiger partial charge >= 0.3 is 5.97 Å². The lowest BCUT2D eigenvalue weighted by atomic mass is 10.1. The fourth-order valence-electron chi connectivity index (χ4n) is 4.84. The minimum Gasteiger partial charge on any atom is -0.456 e. The zero-order chi connectivity index (χ0) is 24.5. The molecule has 2 aromatic carbocycles. The molecule has 1 unspecified atom stereocenters. The molecule has 0 bridgehead atoms. The zero-order valence-corrected chi connectivity index (χ0v) is 20.3. The number of aromatic nitrogens is 3. The SMILES string of the molecule is CCCC(=O)OC1CCc2cc(NCc3cccc(-n4c(C)nc5ccc(F)cc54)c3C)cnc21. The van der Waals surface area contributed by atoms with Gasteiger partial charge in [0.15, 0.2) is 0 Å². The fourth-order valence-corrected chi connectivity index (χ4v) is 4.84. The molecule has 5 rings (SSSR count). The van der Waals surface area contributed by atoms with Gasteiger partial charge in [-0.05, 0) is 74.1 Å². The number of hydrogen-bond donors (Lipinski definition) is 1. The highest BCUT2D eigenvalue weighted by Gasteiger charge is 2.27. The van der Waals surface area contributed by atoms with Crippen molar-refractivity contribution in [1.82, 2.24) is 14.5 Å². The van der Waals surface area contributed by atoms with Gasteiger partial charge in [-0.2, -0.15) is 0 Å². The molecule has 35 heavy (non-hydrogen) atoms. The van der Waals surface area contributed by atoms with Crippen molar-refractivity contribution in [2.24, 2.45) is 0 Å². The van der Waals surface area contributed by atoms with E-state index in [4.69, 9.17) is 4.74 Å². The first-order valence-electron chi connectivity index (χ1n) is 12.1. The summed E-state index contributed by atoms with van der Waals surface area (Å²) in [5, 5.41) is 3.49. The number of esters is 1. The molecule has 1 atom stereocenters. The minimum absolute atomic E-state index is 0.159. The molecule has 0 fully saturated rings. The molecule has 0 saturated heterocycles. The standard InChI is InChI=1S/C28H29FN4O2/c1-4-6-27(34)35-26-12-9-19-13-22(16-31-28(19)26)30-15-20-7-5-8-24(17(20)2)33-18(3)32-23-11-10-21(29)14-25(23)33/h5,7-8,10-11,13-14,16,26,30H,4,6,9,12,15H2,1-3H3. The third-order valence-electron chi connectivity index (χ3n) is 6.64. The van der Waals surface area contributed by atoms with Gasteiger partial charge in [0.05, 0.1) is 34.3 Å². The first-order chi connectivity index (χ1) is 16.9. The number of carbonyl (C=O) groups is 1. The lowest BCUT2D eigenvalue weighted by Gasteiger charge is -2.16. The van der Waals surface area contributed by atoms with Crippen LogP contribution in [0.4, 0.5) is 10.1 Å². The van der Waals surface area contributed by atoms with Crippen LogP contribution in [0.5, 0.6) is 0 Å². The maximum Gasteiger partial charge on any atom is 0.306 e. The van der Waals surface area contributed by atoms with Gasteiger partial charge in [0.25, 0.3) is 0 Å². The molecule has 180 valence electrons. The van der Waals surface area contributed by atoms with Crippen molar-refractivity contribution in [3.63, 3.8) is 0 Å². The Kier molecular flexibility index (Phi) is 6.24. The number of imidazole rings is 1. The summed E-state index contributed by atoms with van der Waals surface area (Å²) in [6.45, 7) is 6.60. The van der Waals surface area contributed by atoms with E-state index in [1.165, 1.54) is 12.1 Å². The molecule has 2 heterocycles. The van der Waals surface area contributed by atoms with Gasteiger partial charge < -0.3 is 10.1 Å². The smallest absolute Gasteiger partial charge is 0.306 e. The monoisotopic (exact) mass is 472 g/mol. The van der Waals surface area contributed by atoms with Crippen molar-refractivity contribution >= 4 is 22.7 Å². The van der Waals surface area contributed by atoms with Crippen molar-refractivity contribution in [1.29, 1.82) is 0 Å². The summed E-state index contributed by atoms with van der Waals surface area (Å²) < 4.78 is 21.6. The molecule has 0 radical (unpaired) electrons. The van der Waals surface area contributed by atoms with E-state index in [-0.39, 0.29) is 17.9 Å². The molecule has 0 spiro atoms. The van der Waals surface area contributed by atoms with E-state index < -0.39 is 0 Å². The molecular weight excluding hydrogens is 443 g/mol. The second-order valence-electron chi connectivity index (χ2n) is 9.08. The number of carbonyl (C=O) groups excluding carboxylic acids is 1. The van der Waals surface area contributed by atoms with E-state index in [0.29, 0.717) is 13.0 Å². The Morgan fingerprint density at radius 1 is 1.23 bits per heavy atom. The Morgan fingerprint density at radius 3 is 2.91 bits per heavy atom. The lowest BCUT2D eigenvalue weighted by molar-refractivity contribution is -0.149. The predicted molar refractivity (Wildman–Crippen MR) is 134 cm³/mol. The Balaban J connectivity index is 1.35. The van der Waals surface area contributed by atoms with Gasteiger partial charge in [-0.1, -0.05) is 19.1 Å². The normalized spacial score (nSPS) is 14.8. The van der Waals surface area contributed by atoms with Crippen LogP contribution in [0.3, 0.4) is 0 Å². The highest BCUT2D eigenvalue weighted by molar-refractivity contribution is 5.79. The van der Waals surface area contributed by atoms with Crippen LogP contribution in [-0.4, -0.2) is 20.5 Å². The number of ether oxygens (including phenoxy) is 1. The van der Waals surface area contributed by atoms with Crippen LogP contribution in [0.2, 0.25) is 0 Å². The molecule has 1 N–H and O–H groups in total. The molecule has 0 saturated carbocycles. The number of nitrogens with zero attached hydrogens (tertiary/aromatic N) is 3. The van der Waals surface area contributed by atoms with E-state index in [9.17, 15) is 9.18 Å². The molecule has 7 heteroatoms. The van der Waals surface area contributed by atoms with E-state index in [2.05, 4.69) is 34.3 Å². The van der Waals surface area contributed by atoms with Crippen LogP contribution < -0.4 is 5.32 Å². The van der Waals surface area contributed by atoms with Crippen molar-refractivity contribution in [3.05, 3.63) is 82.7 Å². The second kappa shape index (κ2) is 9.49. The van der Waals surface area contributed by atoms with Crippen molar-refractivity contribution in [2.45, 2.75) is 59.1 Å². The minimum atomic E-state index is -0.277. The summed E-state index contributed by atoms with van der Waals surface area (Å²) in [5.41, 5.74) is 7.67. The quantitative estimate of drug-likeness (QED) is 0.328. The maximum absolute atomic E-state index is 14.0. The van der Waals surface area contributed by atoms with Crippen molar-refractivity contribution in [3.8, 4) is 5.69 Å². The third-order valence-corrected chi connectivity index (χ3v) is 6.64. The van der Waals surface area contributed by atoms with Crippen LogP contribution in [0.15, 0.2) is 48.7 Å². The number of halogens is 1. The summed E-state index contributed by atoms with van der Waals surface area (Å²) in [4.78, 5) is 21.1. The largest absolute Gasteiger partial charge is 0.456 e. The highest BCUT2D eigenvalue weighted by atomic mass is 19.1. The number of hydrogen-bond acceptors (Lipinski definition) is 5. The molecule has 1 aliphatic rings. The van der Waals surface area contributed by atoms with Gasteiger partial charge in [0.1, 0.15) is 17.7 Å². The fraction of sp³-hybridized carbons (Fsp3) is 0.321. The van der Waals surface area contributed by atoms with Crippen LogP contribution in [-0.2, 0) is 22.5 Å². The van der Waals surface area contributed by atoms with Crippen molar-refractivity contribution in [2.75, 3.05) is 5.32 Å². The topological polar surface area (TPSA) is 69.0 Å². The summed E-state index contributed by atoms with van der Waals surface area (Å²) in [7, 11) is 0. The van der Waals surface area contributed by atoms with Crippen LogP contribution in [0.25, 0.3) is 16.7 Å². The predicted octanol–water partition coefficient (Wildman–Crippen LogP) is 6.12. The molecule has 0 amide bonds. The average molecular weight is 473 g/mol. The van der Waals surface area contributed by atoms with E-state index >= 15 is 0 Å². The van der Waals surface area contributed by atoms with Gasteiger partial charge in [0.2, 0.25) is 0 Å². The second-order valence-corrected chi connectivity index (χ2v) is 9.08. The van der Waals surface area contributed by atoms with Crippen LogP contribution in [0, 0.1) is 19.7 Å². The number of anilines is 1. The number of pyridine rings is 1. The summed E-state index contributed by atoms with van der Waals surface area (Å²) in [6, 6.07) is 12.9. The Labute approximate surface area is 204 Å². The first-order valence-corrected chi connectivity index (χ1v) is 12.1. The Morgan fingerprint density at radius 2 is 2.09 bits per heavy atom. The van der Waals surface area contributed by atoms with Crippen molar-refractivity contribution < 1.29 is 13.9 Å². The number of rotatable bonds is 7. The Bertz CT molecular complexity index is 1410. The molecule has 1 aliphatic carbocycles. The third kappa shape index (κ3) is 4.50. The van der Waals surface area contributed by atoms with E-state index in [1.54, 1.807) is 12.3 Å². The summed E-state index contributed by atoms with van der Waals surface area (Å²) in [5.74, 6) is 0.379. The molecule has 0 aliphatic heterocycles. The zero-order valence-electron chi connectivity index (χ0n) is 20.3. The maximum atomic E-state index is 14.0. The highest BCUT2D eigenvalue weighted by Crippen LogP contribution is 2.34. The Hall–Kier alpha value is -3.74. The van der Waals surface area contributed by atoms with E-state index in [0.717, 1.165) is 69.9 Å². The van der Waals surface area contributed by atoms with Gasteiger partial charge in [-0.3, -0.25) is 14.3 Å². The average Bonchev–Trinajstić information content (AvgIpc) is 3.38. The first kappa shape index (κ1) is 23.0. The summed E-state index contributed by atoms with van der Waals surface area (Å²) >= 11 is 0. The molecule has 4 aromatic rings. The summed E-state index contributed by atoms with van der Waals surface area (Å²) in [6.07, 6.45) is 4.41. The molecule has 2 aromatic heterocycles. The number of benzene rings is 2. The number of aryl methyl sites for hydroxylation is 2. The number of fused-ring (bicyclic) bond motifs is 2. The van der Waals surface area contributed by atoms with Gasteiger partial charge in [-0.25, -0.2) is 9.37 Å². The van der Waals surface area contributed by atoms with Gasteiger partial charge in [-0.15, -0.1) is 0 Å². The van der Waals surface area contributed by atoms with Crippen LogP contribution in [0.1, 0.15) is 60.5 Å². The number of nitrogens with one attached hydrogen (secondary N) is 1. The lowest BCUT2D eigenvalue weighted by Crippen LogP contribution is -2.10. The van der Waals surface area contributed by atoms with Gasteiger partial charge in [0, 0.05) is 19.0 Å². The molecule has 6 nitrogen and oxygen atoms in total. The molecular formula is C28H29FN4O2. The van der Waals surface area contributed by atoms with E-state index in [1.807, 2.05) is 30.5 Å². The van der Waals surface area contributed by atoms with Crippen LogP contribution >= 0.6 is 0 Å².